The van der Waals surface area contributed by atoms with Crippen molar-refractivity contribution in [2.45, 2.75) is 19.8 Å². The average Bonchev–Trinajstić information content (AvgIpc) is 2.62. The topological polar surface area (TPSA) is 43.3 Å². The Labute approximate surface area is 100 Å². The van der Waals surface area contributed by atoms with Gasteiger partial charge < -0.3 is 10.1 Å². The second-order valence-corrected chi connectivity index (χ2v) is 4.70. The second-order valence-electron chi connectivity index (χ2n) is 4.34. The van der Waals surface area contributed by atoms with Crippen LogP contribution in [0.2, 0.25) is 5.15 Å². The van der Waals surface area contributed by atoms with Crippen molar-refractivity contribution in [1.29, 1.82) is 0 Å². The Bertz CT molecular complexity index is 490. The molecule has 1 atom stereocenters. The smallest absolute Gasteiger partial charge is 0.155 e. The van der Waals surface area contributed by atoms with E-state index in [9.17, 15) is 0 Å². The first kappa shape index (κ1) is 11.4. The van der Waals surface area contributed by atoms with Gasteiger partial charge in [0.25, 0.3) is 0 Å². The molecular formula is C12H16ClN3. The fraction of sp³-hybridized carbons (Fsp3) is 0.417. The molecule has 0 aliphatic heterocycles. The molecule has 0 bridgehead atoms. The van der Waals surface area contributed by atoms with Crippen molar-refractivity contribution in [3.05, 3.63) is 35.4 Å². The van der Waals surface area contributed by atoms with Gasteiger partial charge in [-0.2, -0.15) is 0 Å². The summed E-state index contributed by atoms with van der Waals surface area (Å²) in [5, 5.41) is 0.551. The summed E-state index contributed by atoms with van der Waals surface area (Å²) in [4.78, 5) is 4.12. The highest BCUT2D eigenvalue weighted by molar-refractivity contribution is 6.32. The molecule has 4 heteroatoms. The Morgan fingerprint density at radius 3 is 2.88 bits per heavy atom. The molecule has 0 fully saturated rings. The molecule has 2 heterocycles. The number of nitrogens with two attached hydrogens (primary N) is 1. The SMILES string of the molecule is CC(C)C(CN)c1cccn2cnc(Cl)c12. The van der Waals surface area contributed by atoms with Crippen LogP contribution in [0.15, 0.2) is 24.7 Å². The monoisotopic (exact) mass is 237 g/mol. The van der Waals surface area contributed by atoms with Crippen LogP contribution in [0, 0.1) is 5.92 Å². The van der Waals surface area contributed by atoms with E-state index in [0.29, 0.717) is 23.5 Å². The Kier molecular flexibility index (Phi) is 3.17. The molecule has 0 amide bonds. The lowest BCUT2D eigenvalue weighted by molar-refractivity contribution is 0.508. The maximum Gasteiger partial charge on any atom is 0.155 e. The molecule has 0 radical (unpaired) electrons. The average molecular weight is 238 g/mol. The van der Waals surface area contributed by atoms with Crippen LogP contribution in [0.5, 0.6) is 0 Å². The fourth-order valence-corrected chi connectivity index (χ4v) is 2.35. The molecule has 2 aromatic heterocycles. The van der Waals surface area contributed by atoms with Crippen molar-refractivity contribution in [1.82, 2.24) is 9.38 Å². The van der Waals surface area contributed by atoms with Crippen molar-refractivity contribution in [2.75, 3.05) is 6.54 Å². The summed E-state index contributed by atoms with van der Waals surface area (Å²) >= 11 is 6.11. The lowest BCUT2D eigenvalue weighted by Gasteiger charge is -2.20. The quantitative estimate of drug-likeness (QED) is 0.892. The maximum atomic E-state index is 6.11. The fourth-order valence-electron chi connectivity index (χ4n) is 2.10. The highest BCUT2D eigenvalue weighted by atomic mass is 35.5. The van der Waals surface area contributed by atoms with Crippen LogP contribution < -0.4 is 5.73 Å². The maximum absolute atomic E-state index is 6.11. The number of imidazole rings is 1. The van der Waals surface area contributed by atoms with Crippen LogP contribution in [-0.4, -0.2) is 15.9 Å². The number of halogens is 1. The zero-order valence-electron chi connectivity index (χ0n) is 9.52. The largest absolute Gasteiger partial charge is 0.330 e. The molecule has 1 unspecified atom stereocenters. The number of rotatable bonds is 3. The van der Waals surface area contributed by atoms with Gasteiger partial charge in [0.15, 0.2) is 5.15 Å². The molecule has 2 aromatic rings. The van der Waals surface area contributed by atoms with E-state index >= 15 is 0 Å². The van der Waals surface area contributed by atoms with Crippen LogP contribution in [0.25, 0.3) is 5.52 Å². The van der Waals surface area contributed by atoms with Gasteiger partial charge in [0.1, 0.15) is 6.33 Å². The number of aromatic nitrogens is 2. The molecule has 3 nitrogen and oxygen atoms in total. The highest BCUT2D eigenvalue weighted by Crippen LogP contribution is 2.30. The molecule has 86 valence electrons. The van der Waals surface area contributed by atoms with Crippen LogP contribution >= 0.6 is 11.6 Å². The summed E-state index contributed by atoms with van der Waals surface area (Å²) < 4.78 is 1.95. The van der Waals surface area contributed by atoms with Crippen LogP contribution in [0.3, 0.4) is 0 Å². The van der Waals surface area contributed by atoms with Crippen molar-refractivity contribution in [3.63, 3.8) is 0 Å². The van der Waals surface area contributed by atoms with Gasteiger partial charge in [-0.25, -0.2) is 4.98 Å². The Balaban J connectivity index is 2.62. The third kappa shape index (κ3) is 1.81. The number of hydrogen-bond donors (Lipinski definition) is 1. The number of nitrogens with zero attached hydrogens (tertiary/aromatic N) is 2. The molecule has 2 rings (SSSR count). The van der Waals surface area contributed by atoms with E-state index < -0.39 is 0 Å². The van der Waals surface area contributed by atoms with E-state index in [1.54, 1.807) is 6.33 Å². The van der Waals surface area contributed by atoms with Crippen LogP contribution in [-0.2, 0) is 0 Å². The summed E-state index contributed by atoms with van der Waals surface area (Å²) in [7, 11) is 0. The van der Waals surface area contributed by atoms with Crippen molar-refractivity contribution < 1.29 is 0 Å². The molecule has 0 aromatic carbocycles. The summed E-state index contributed by atoms with van der Waals surface area (Å²) in [6.07, 6.45) is 3.68. The van der Waals surface area contributed by atoms with Gasteiger partial charge in [-0.15, -0.1) is 0 Å². The molecule has 0 saturated carbocycles. The summed E-state index contributed by atoms with van der Waals surface area (Å²) in [6, 6.07) is 4.09. The molecular weight excluding hydrogens is 222 g/mol. The van der Waals surface area contributed by atoms with Crippen molar-refractivity contribution >= 4 is 17.1 Å². The Morgan fingerprint density at radius 2 is 2.25 bits per heavy atom. The van der Waals surface area contributed by atoms with E-state index in [1.807, 2.05) is 16.7 Å². The molecule has 16 heavy (non-hydrogen) atoms. The first-order chi connectivity index (χ1) is 7.65. The third-order valence-electron chi connectivity index (χ3n) is 3.00. The number of hydrogen-bond acceptors (Lipinski definition) is 2. The first-order valence-electron chi connectivity index (χ1n) is 5.46. The summed E-state index contributed by atoms with van der Waals surface area (Å²) in [5.41, 5.74) is 8.01. The van der Waals surface area contributed by atoms with E-state index in [1.165, 1.54) is 5.56 Å². The Hall–Kier alpha value is -1.06. The minimum atomic E-state index is 0.318. The highest BCUT2D eigenvalue weighted by Gasteiger charge is 2.18. The normalized spacial score (nSPS) is 13.6. The lowest BCUT2D eigenvalue weighted by Crippen LogP contribution is -2.18. The van der Waals surface area contributed by atoms with Gasteiger partial charge in [-0.1, -0.05) is 31.5 Å². The van der Waals surface area contributed by atoms with E-state index in [4.69, 9.17) is 17.3 Å². The van der Waals surface area contributed by atoms with Crippen LogP contribution in [0.4, 0.5) is 0 Å². The molecule has 0 spiro atoms. The Morgan fingerprint density at radius 1 is 1.50 bits per heavy atom. The number of pyridine rings is 1. The molecule has 0 saturated heterocycles. The van der Waals surface area contributed by atoms with Crippen molar-refractivity contribution in [2.24, 2.45) is 11.7 Å². The van der Waals surface area contributed by atoms with Gasteiger partial charge in [-0.05, 0) is 24.1 Å². The predicted octanol–water partition coefficient (Wildman–Crippen LogP) is 2.69. The van der Waals surface area contributed by atoms with Gasteiger partial charge in [0, 0.05) is 12.1 Å². The molecule has 0 aliphatic carbocycles. The predicted molar refractivity (Wildman–Crippen MR) is 66.8 cm³/mol. The zero-order valence-corrected chi connectivity index (χ0v) is 10.3. The number of fused-ring (bicyclic) bond motifs is 1. The van der Waals surface area contributed by atoms with Gasteiger partial charge >= 0.3 is 0 Å². The van der Waals surface area contributed by atoms with E-state index in [2.05, 4.69) is 24.9 Å². The van der Waals surface area contributed by atoms with E-state index in [0.717, 1.165) is 5.52 Å². The van der Waals surface area contributed by atoms with Crippen molar-refractivity contribution in [3.8, 4) is 0 Å². The zero-order chi connectivity index (χ0) is 11.7. The minimum Gasteiger partial charge on any atom is -0.330 e. The standard InChI is InChI=1S/C12H16ClN3/c1-8(2)10(6-14)9-4-3-5-16-7-15-12(13)11(9)16/h3-5,7-8,10H,6,14H2,1-2H3. The van der Waals surface area contributed by atoms with Gasteiger partial charge in [0.05, 0.1) is 5.52 Å². The lowest BCUT2D eigenvalue weighted by atomic mass is 9.88. The van der Waals surface area contributed by atoms with Crippen LogP contribution in [0.1, 0.15) is 25.3 Å². The minimum absolute atomic E-state index is 0.318. The second kappa shape index (κ2) is 4.44. The summed E-state index contributed by atoms with van der Waals surface area (Å²) in [5.74, 6) is 0.806. The molecule has 0 aliphatic rings. The third-order valence-corrected chi connectivity index (χ3v) is 3.28. The van der Waals surface area contributed by atoms with Gasteiger partial charge in [0.2, 0.25) is 0 Å². The summed E-state index contributed by atoms with van der Waals surface area (Å²) in [6.45, 7) is 4.97. The van der Waals surface area contributed by atoms with Gasteiger partial charge in [-0.3, -0.25) is 0 Å². The van der Waals surface area contributed by atoms with E-state index in [-0.39, 0.29) is 0 Å². The first-order valence-corrected chi connectivity index (χ1v) is 5.84. The molecule has 2 N–H and O–H groups in total.